The number of rotatable bonds is 5. The Balaban J connectivity index is 2.00. The summed E-state index contributed by atoms with van der Waals surface area (Å²) in [6, 6.07) is 11.5. The first kappa shape index (κ1) is 17.6. The van der Waals surface area contributed by atoms with Gasteiger partial charge in [0.05, 0.1) is 23.1 Å². The van der Waals surface area contributed by atoms with E-state index >= 15 is 0 Å². The molecule has 0 saturated carbocycles. The average Bonchev–Trinajstić information content (AvgIpc) is 2.67. The minimum absolute atomic E-state index is 0.241. The normalized spacial score (nSPS) is 12.1. The average molecular weight is 352 g/mol. The van der Waals surface area contributed by atoms with Crippen LogP contribution in [0.4, 0.5) is 0 Å². The van der Waals surface area contributed by atoms with Gasteiger partial charge >= 0.3 is 5.69 Å². The van der Waals surface area contributed by atoms with E-state index in [9.17, 15) is 14.4 Å². The van der Waals surface area contributed by atoms with E-state index in [-0.39, 0.29) is 24.6 Å². The minimum Gasteiger partial charge on any atom is -0.349 e. The van der Waals surface area contributed by atoms with Gasteiger partial charge in [0, 0.05) is 12.7 Å². The van der Waals surface area contributed by atoms with Crippen molar-refractivity contribution in [2.24, 2.45) is 0 Å². The summed E-state index contributed by atoms with van der Waals surface area (Å²) in [5.41, 5.74) is 0.346. The van der Waals surface area contributed by atoms with E-state index in [0.717, 1.165) is 10.3 Å². The van der Waals surface area contributed by atoms with E-state index in [4.69, 9.17) is 0 Å². The number of benzene rings is 1. The molecule has 3 aromatic rings. The Morgan fingerprint density at radius 1 is 1.15 bits per heavy atom. The molecule has 2 heterocycles. The molecule has 134 valence electrons. The summed E-state index contributed by atoms with van der Waals surface area (Å²) in [5, 5.41) is 3.21. The lowest BCUT2D eigenvalue weighted by Gasteiger charge is -2.19. The second kappa shape index (κ2) is 7.35. The second-order valence-corrected chi connectivity index (χ2v) is 5.93. The number of carbonyl (C=O) groups excluding carboxylic acids is 1. The first-order chi connectivity index (χ1) is 12.5. The van der Waals surface area contributed by atoms with Crippen LogP contribution in [0.5, 0.6) is 0 Å². The van der Waals surface area contributed by atoms with E-state index in [0.29, 0.717) is 10.9 Å². The first-order valence-electron chi connectivity index (χ1n) is 8.46. The van der Waals surface area contributed by atoms with Gasteiger partial charge in [-0.15, -0.1) is 0 Å². The summed E-state index contributed by atoms with van der Waals surface area (Å²) in [6.45, 7) is 3.88. The van der Waals surface area contributed by atoms with Crippen molar-refractivity contribution in [2.75, 3.05) is 0 Å². The lowest BCUT2D eigenvalue weighted by molar-refractivity contribution is -0.124. The molecular weight excluding hydrogens is 332 g/mol. The lowest BCUT2D eigenvalue weighted by atomic mass is 10.2. The van der Waals surface area contributed by atoms with Crippen molar-refractivity contribution in [2.45, 2.75) is 33.0 Å². The fourth-order valence-corrected chi connectivity index (χ4v) is 2.93. The zero-order chi connectivity index (χ0) is 18.7. The molecule has 3 rings (SSSR count). The Morgan fingerprint density at radius 3 is 2.58 bits per heavy atom. The highest BCUT2D eigenvalue weighted by Gasteiger charge is 2.21. The summed E-state index contributed by atoms with van der Waals surface area (Å²) in [6.07, 6.45) is 1.65. The molecule has 0 bridgehead atoms. The Morgan fingerprint density at radius 2 is 1.88 bits per heavy atom. The number of fused-ring (bicyclic) bond motifs is 1. The van der Waals surface area contributed by atoms with Crippen molar-refractivity contribution >= 4 is 16.8 Å². The van der Waals surface area contributed by atoms with Crippen LogP contribution in [0.3, 0.4) is 0 Å². The number of amides is 1. The van der Waals surface area contributed by atoms with Crippen LogP contribution < -0.4 is 16.6 Å². The van der Waals surface area contributed by atoms with Crippen molar-refractivity contribution in [3.8, 4) is 0 Å². The van der Waals surface area contributed by atoms with Crippen molar-refractivity contribution < 1.29 is 4.79 Å². The van der Waals surface area contributed by atoms with E-state index in [1.165, 1.54) is 4.57 Å². The number of carbonyl (C=O) groups is 1. The van der Waals surface area contributed by atoms with Crippen LogP contribution in [0, 0.1) is 0 Å². The number of para-hydroxylation sites is 1. The van der Waals surface area contributed by atoms with Crippen LogP contribution >= 0.6 is 0 Å². The largest absolute Gasteiger partial charge is 0.349 e. The minimum atomic E-state index is -0.769. The van der Waals surface area contributed by atoms with Crippen LogP contribution in [0.15, 0.2) is 58.3 Å². The van der Waals surface area contributed by atoms with Crippen molar-refractivity contribution in [1.29, 1.82) is 0 Å². The van der Waals surface area contributed by atoms with Gasteiger partial charge in [-0.3, -0.25) is 23.7 Å². The molecule has 2 aromatic heterocycles. The maximum absolute atomic E-state index is 12.8. The van der Waals surface area contributed by atoms with Crippen LogP contribution in [0.25, 0.3) is 10.9 Å². The molecule has 1 atom stereocenters. The first-order valence-corrected chi connectivity index (χ1v) is 8.46. The molecule has 26 heavy (non-hydrogen) atoms. The highest BCUT2D eigenvalue weighted by atomic mass is 16.2. The molecule has 0 unspecified atom stereocenters. The number of hydrogen-bond acceptors (Lipinski definition) is 4. The van der Waals surface area contributed by atoms with Crippen molar-refractivity contribution in [3.05, 3.63) is 75.2 Å². The van der Waals surface area contributed by atoms with Gasteiger partial charge in [-0.2, -0.15) is 0 Å². The van der Waals surface area contributed by atoms with Gasteiger partial charge in [-0.25, -0.2) is 4.79 Å². The van der Waals surface area contributed by atoms with E-state index in [1.54, 1.807) is 50.4 Å². The van der Waals surface area contributed by atoms with Gasteiger partial charge in [0.15, 0.2) is 0 Å². The maximum Gasteiger partial charge on any atom is 0.332 e. The van der Waals surface area contributed by atoms with Crippen molar-refractivity contribution in [1.82, 2.24) is 19.4 Å². The van der Waals surface area contributed by atoms with Gasteiger partial charge in [0.2, 0.25) is 5.91 Å². The fourth-order valence-electron chi connectivity index (χ4n) is 2.93. The van der Waals surface area contributed by atoms with Crippen LogP contribution in [0.1, 0.15) is 25.6 Å². The molecule has 7 heteroatoms. The summed E-state index contributed by atoms with van der Waals surface area (Å²) in [7, 11) is 0. The number of nitrogens with one attached hydrogen (secondary N) is 1. The standard InChI is InChI=1S/C19H20N4O3/c1-3-22-18(25)15-9-4-5-10-16(15)23(19(22)26)13(2)17(24)21-12-14-8-6-7-11-20-14/h4-11,13H,3,12H2,1-2H3,(H,21,24)/t13-/m0/s1. The maximum atomic E-state index is 12.8. The fraction of sp³-hybridized carbons (Fsp3) is 0.263. The van der Waals surface area contributed by atoms with Gasteiger partial charge in [0.25, 0.3) is 5.56 Å². The third-order valence-electron chi connectivity index (χ3n) is 4.33. The molecule has 1 aromatic carbocycles. The van der Waals surface area contributed by atoms with Crippen LogP contribution in [-0.4, -0.2) is 20.0 Å². The SMILES string of the molecule is CCn1c(=O)c2ccccc2n([C@@H](C)C(=O)NCc2ccccn2)c1=O. The summed E-state index contributed by atoms with van der Waals surface area (Å²) < 4.78 is 2.51. The Labute approximate surface area is 149 Å². The van der Waals surface area contributed by atoms with Crippen LogP contribution in [0.2, 0.25) is 0 Å². The van der Waals surface area contributed by atoms with Gasteiger partial charge < -0.3 is 5.32 Å². The smallest absolute Gasteiger partial charge is 0.332 e. The topological polar surface area (TPSA) is 86.0 Å². The number of pyridine rings is 1. The summed E-state index contributed by atoms with van der Waals surface area (Å²) in [5.74, 6) is -0.316. The molecular formula is C19H20N4O3. The van der Waals surface area contributed by atoms with Crippen molar-refractivity contribution in [3.63, 3.8) is 0 Å². The molecule has 0 radical (unpaired) electrons. The van der Waals surface area contributed by atoms with E-state index < -0.39 is 11.7 Å². The highest BCUT2D eigenvalue weighted by molar-refractivity contribution is 5.84. The predicted octanol–water partition coefficient (Wildman–Crippen LogP) is 1.46. The van der Waals surface area contributed by atoms with Gasteiger partial charge in [0.1, 0.15) is 6.04 Å². The number of nitrogens with zero attached hydrogens (tertiary/aromatic N) is 3. The third-order valence-corrected chi connectivity index (χ3v) is 4.33. The second-order valence-electron chi connectivity index (χ2n) is 5.93. The quantitative estimate of drug-likeness (QED) is 0.753. The molecule has 1 N–H and O–H groups in total. The number of hydrogen-bond donors (Lipinski definition) is 1. The Hall–Kier alpha value is -3.22. The van der Waals surface area contributed by atoms with Gasteiger partial charge in [-0.1, -0.05) is 18.2 Å². The number of aromatic nitrogens is 3. The molecule has 0 fully saturated rings. The molecule has 0 aliphatic rings. The molecule has 0 aliphatic heterocycles. The predicted molar refractivity (Wildman–Crippen MR) is 98.9 cm³/mol. The van der Waals surface area contributed by atoms with E-state index in [1.807, 2.05) is 12.1 Å². The Bertz CT molecular complexity index is 1050. The molecule has 0 saturated heterocycles. The monoisotopic (exact) mass is 352 g/mol. The molecule has 0 aliphatic carbocycles. The summed E-state index contributed by atoms with van der Waals surface area (Å²) in [4.78, 5) is 42.0. The highest BCUT2D eigenvalue weighted by Crippen LogP contribution is 2.13. The Kier molecular flexibility index (Phi) is 4.97. The lowest BCUT2D eigenvalue weighted by Crippen LogP contribution is -2.44. The zero-order valence-electron chi connectivity index (χ0n) is 14.7. The summed E-state index contributed by atoms with van der Waals surface area (Å²) >= 11 is 0. The molecule has 7 nitrogen and oxygen atoms in total. The zero-order valence-corrected chi connectivity index (χ0v) is 14.7. The third kappa shape index (κ3) is 3.15. The molecule has 0 spiro atoms. The van der Waals surface area contributed by atoms with Gasteiger partial charge in [-0.05, 0) is 38.1 Å². The van der Waals surface area contributed by atoms with Crippen LogP contribution in [-0.2, 0) is 17.9 Å². The molecule has 1 amide bonds. The van der Waals surface area contributed by atoms with E-state index in [2.05, 4.69) is 10.3 Å².